The van der Waals surface area contributed by atoms with Crippen molar-refractivity contribution in [2.24, 2.45) is 0 Å². The van der Waals surface area contributed by atoms with E-state index >= 15 is 0 Å². The Hall–Kier alpha value is -4.70. The fourth-order valence-electron chi connectivity index (χ4n) is 4.53. The molecule has 0 radical (unpaired) electrons. The molecule has 0 bridgehead atoms. The molecule has 0 saturated carbocycles. The first-order chi connectivity index (χ1) is 24.3. The maximum Gasteiger partial charge on any atom is 0.267 e. The van der Waals surface area contributed by atoms with E-state index in [1.54, 1.807) is 50.4 Å². The number of halogens is 6. The van der Waals surface area contributed by atoms with Crippen molar-refractivity contribution in [3.63, 3.8) is 0 Å². The van der Waals surface area contributed by atoms with Gasteiger partial charge in [-0.05, 0) is 87.2 Å². The lowest BCUT2D eigenvalue weighted by atomic mass is 10.1. The molecular weight excluding hydrogens is 841 g/mol. The second kappa shape index (κ2) is 16.5. The molecule has 17 heteroatoms. The lowest BCUT2D eigenvalue weighted by molar-refractivity contribution is -0.606. The third kappa shape index (κ3) is 9.76. The monoisotopic (exact) mass is 862 g/mol. The smallest absolute Gasteiger partial charge is 0.267 e. The number of ether oxygens (including phenoxy) is 2. The predicted octanol–water partition coefficient (Wildman–Crippen LogP) is 8.06. The molecule has 4 aromatic heterocycles. The van der Waals surface area contributed by atoms with Crippen LogP contribution in [0.3, 0.4) is 0 Å². The second-order valence-electron chi connectivity index (χ2n) is 10.9. The summed E-state index contributed by atoms with van der Waals surface area (Å²) in [4.78, 5) is 26.7. The third-order valence-corrected chi connectivity index (χ3v) is 8.45. The van der Waals surface area contributed by atoms with Gasteiger partial charge in [-0.15, -0.1) is 0 Å². The van der Waals surface area contributed by atoms with Crippen molar-refractivity contribution < 1.29 is 23.0 Å². The standard InChI is InChI=1S/C17H12BrClFN3O3.C17H12BrClFN3O2/c1-9-4-12(21-22-17(9)24)5-10-2-3-14(19)16(15(10)20)26-13-6-11(18)7-23(25)8-13;1-9-4-12(22-23-17(9)24)5-10-2-3-14(19)16(15(10)20)25-13-6-11(18)7-21-8-13/h2-4,6-8H,5H2,1H3,(H,22,24);2-4,6-8H,5H2,1H3,(H,23,24). The number of hydrogen-bond donors (Lipinski definition) is 2. The Morgan fingerprint density at radius 1 is 0.745 bits per heavy atom. The van der Waals surface area contributed by atoms with Crippen LogP contribution in [0.2, 0.25) is 10.0 Å². The van der Waals surface area contributed by atoms with Gasteiger partial charge in [-0.25, -0.2) is 19.0 Å². The molecule has 51 heavy (non-hydrogen) atoms. The zero-order valence-electron chi connectivity index (χ0n) is 26.4. The number of aromatic amines is 2. The van der Waals surface area contributed by atoms with Gasteiger partial charge in [-0.1, -0.05) is 35.3 Å². The maximum atomic E-state index is 14.9. The van der Waals surface area contributed by atoms with Gasteiger partial charge < -0.3 is 14.7 Å². The molecule has 0 aliphatic rings. The van der Waals surface area contributed by atoms with Crippen molar-refractivity contribution in [3.8, 4) is 23.0 Å². The van der Waals surface area contributed by atoms with E-state index in [-0.39, 0.29) is 56.8 Å². The summed E-state index contributed by atoms with van der Waals surface area (Å²) < 4.78 is 42.5. The minimum absolute atomic E-state index is 0.0642. The Kier molecular flexibility index (Phi) is 12.2. The van der Waals surface area contributed by atoms with Crippen molar-refractivity contribution >= 4 is 55.1 Å². The number of hydrogen-bond acceptors (Lipinski definition) is 8. The molecule has 2 N–H and O–H groups in total. The fourth-order valence-corrected chi connectivity index (χ4v) is 5.67. The molecule has 4 heterocycles. The van der Waals surface area contributed by atoms with Crippen molar-refractivity contribution in [3.05, 3.63) is 163 Å². The summed E-state index contributed by atoms with van der Waals surface area (Å²) in [6.45, 7) is 3.30. The number of aryl methyl sites for hydroxylation is 2. The van der Waals surface area contributed by atoms with E-state index in [1.807, 2.05) is 0 Å². The average molecular weight is 865 g/mol. The highest BCUT2D eigenvalue weighted by Crippen LogP contribution is 2.36. The summed E-state index contributed by atoms with van der Waals surface area (Å²) >= 11 is 18.6. The molecule has 0 atom stereocenters. The van der Waals surface area contributed by atoms with E-state index in [1.165, 1.54) is 30.6 Å². The van der Waals surface area contributed by atoms with Crippen molar-refractivity contribution in [2.45, 2.75) is 26.7 Å². The van der Waals surface area contributed by atoms with Gasteiger partial charge >= 0.3 is 0 Å². The van der Waals surface area contributed by atoms with Crippen LogP contribution < -0.4 is 25.3 Å². The van der Waals surface area contributed by atoms with Crippen LogP contribution in [0.5, 0.6) is 23.0 Å². The fraction of sp³-hybridized carbons (Fsp3) is 0.118. The maximum absolute atomic E-state index is 14.9. The van der Waals surface area contributed by atoms with Gasteiger partial charge in [0.25, 0.3) is 11.1 Å². The van der Waals surface area contributed by atoms with Crippen molar-refractivity contribution in [1.29, 1.82) is 0 Å². The Labute approximate surface area is 315 Å². The van der Waals surface area contributed by atoms with Crippen LogP contribution in [0, 0.1) is 30.7 Å². The van der Waals surface area contributed by atoms with E-state index in [2.05, 4.69) is 57.2 Å². The summed E-state index contributed by atoms with van der Waals surface area (Å²) in [5.41, 5.74) is 2.09. The number of nitrogens with one attached hydrogen (secondary N) is 2. The largest absolute Gasteiger partial charge is 0.619 e. The Balaban J connectivity index is 0.000000198. The number of rotatable bonds is 8. The minimum Gasteiger partial charge on any atom is -0.619 e. The number of aromatic nitrogens is 6. The first-order valence-corrected chi connectivity index (χ1v) is 17.0. The molecule has 6 aromatic rings. The summed E-state index contributed by atoms with van der Waals surface area (Å²) in [5.74, 6) is -1.04. The molecular formula is C34H24Br2Cl2F2N6O5. The van der Waals surface area contributed by atoms with Gasteiger partial charge in [0.15, 0.2) is 35.1 Å². The summed E-state index contributed by atoms with van der Waals surface area (Å²) in [5, 5.41) is 24.3. The highest BCUT2D eigenvalue weighted by atomic mass is 79.9. The quantitative estimate of drug-likeness (QED) is 0.115. The molecule has 0 aliphatic carbocycles. The molecule has 262 valence electrons. The first kappa shape index (κ1) is 37.6. The average Bonchev–Trinajstić information content (AvgIpc) is 3.07. The summed E-state index contributed by atoms with van der Waals surface area (Å²) in [6, 6.07) is 12.5. The van der Waals surface area contributed by atoms with E-state index < -0.39 is 11.6 Å². The van der Waals surface area contributed by atoms with E-state index in [0.29, 0.717) is 47.5 Å². The molecule has 0 amide bonds. The Bertz CT molecular complexity index is 2340. The second-order valence-corrected chi connectivity index (χ2v) is 13.5. The molecule has 11 nitrogen and oxygen atoms in total. The zero-order chi connectivity index (χ0) is 36.8. The molecule has 2 aromatic carbocycles. The van der Waals surface area contributed by atoms with Crippen LogP contribution in [-0.2, 0) is 12.8 Å². The summed E-state index contributed by atoms with van der Waals surface area (Å²) in [6.07, 6.45) is 5.81. The van der Waals surface area contributed by atoms with Crippen LogP contribution in [0.25, 0.3) is 0 Å². The van der Waals surface area contributed by atoms with Gasteiger partial charge in [-0.3, -0.25) is 14.6 Å². The number of H-pyrrole nitrogens is 2. The third-order valence-electron chi connectivity index (χ3n) is 6.99. The highest BCUT2D eigenvalue weighted by molar-refractivity contribution is 9.10. The lowest BCUT2D eigenvalue weighted by Gasteiger charge is -2.12. The number of nitrogens with zero attached hydrogens (tertiary/aromatic N) is 4. The molecule has 0 unspecified atom stereocenters. The normalized spacial score (nSPS) is 10.7. The van der Waals surface area contributed by atoms with Crippen LogP contribution >= 0.6 is 55.1 Å². The van der Waals surface area contributed by atoms with Crippen molar-refractivity contribution in [2.75, 3.05) is 0 Å². The highest BCUT2D eigenvalue weighted by Gasteiger charge is 2.18. The molecule has 0 spiro atoms. The lowest BCUT2D eigenvalue weighted by Crippen LogP contribution is -2.24. The number of benzene rings is 2. The zero-order valence-corrected chi connectivity index (χ0v) is 31.1. The van der Waals surface area contributed by atoms with Crippen LogP contribution in [0.4, 0.5) is 8.78 Å². The van der Waals surface area contributed by atoms with E-state index in [9.17, 15) is 23.6 Å². The summed E-state index contributed by atoms with van der Waals surface area (Å²) in [7, 11) is 0. The first-order valence-electron chi connectivity index (χ1n) is 14.7. The predicted molar refractivity (Wildman–Crippen MR) is 193 cm³/mol. The Morgan fingerprint density at radius 3 is 1.71 bits per heavy atom. The molecule has 0 fully saturated rings. The molecule has 0 saturated heterocycles. The van der Waals surface area contributed by atoms with Gasteiger partial charge in [0.05, 0.1) is 32.1 Å². The van der Waals surface area contributed by atoms with E-state index in [4.69, 9.17) is 32.7 Å². The van der Waals surface area contributed by atoms with Gasteiger partial charge in [0.2, 0.25) is 6.20 Å². The minimum atomic E-state index is -0.666. The molecule has 0 aliphatic heterocycles. The van der Waals surface area contributed by atoms with Gasteiger partial charge in [-0.2, -0.15) is 14.9 Å². The van der Waals surface area contributed by atoms with Crippen molar-refractivity contribution in [1.82, 2.24) is 25.4 Å². The Morgan fingerprint density at radius 2 is 1.24 bits per heavy atom. The number of pyridine rings is 2. The molecule has 6 rings (SSSR count). The van der Waals surface area contributed by atoms with Crippen LogP contribution in [0.15, 0.2) is 91.9 Å². The van der Waals surface area contributed by atoms with E-state index in [0.717, 1.165) is 6.20 Å². The van der Waals surface area contributed by atoms with Crippen LogP contribution in [0.1, 0.15) is 33.6 Å². The van der Waals surface area contributed by atoms with Gasteiger partial charge in [0, 0.05) is 40.7 Å². The topological polar surface area (TPSA) is 150 Å². The SMILES string of the molecule is Cc1cc(Cc2ccc(Cl)c(Oc3cc(Br)c[n+]([O-])c3)c2F)n[nH]c1=O.Cc1cc(Cc2ccc(Cl)c(Oc3cncc(Br)c3)c2F)n[nH]c1=O. The van der Waals surface area contributed by atoms with Gasteiger partial charge in [0.1, 0.15) is 5.75 Å². The van der Waals surface area contributed by atoms with Crippen LogP contribution in [-0.4, -0.2) is 25.4 Å².